The van der Waals surface area contributed by atoms with Gasteiger partial charge in [-0.3, -0.25) is 5.41 Å². The lowest BCUT2D eigenvalue weighted by Crippen LogP contribution is -2.33. The maximum absolute atomic E-state index is 7.31. The Hall–Kier alpha value is -1.51. The Balaban J connectivity index is 3.05. The molecule has 0 spiro atoms. The maximum Gasteiger partial charge on any atom is 0.192 e. The predicted octanol–water partition coefficient (Wildman–Crippen LogP) is 1.58. The molecule has 70 valence electrons. The molecule has 0 aliphatic carbocycles. The Labute approximate surface area is 78.7 Å². The molecule has 0 saturated heterocycles. The Morgan fingerprint density at radius 3 is 2.62 bits per heavy atom. The third-order valence-electron chi connectivity index (χ3n) is 2.10. The number of hydrogen-bond donors (Lipinski definition) is 2. The molecule has 3 N–H and O–H groups in total. The van der Waals surface area contributed by atoms with Crippen LogP contribution in [0.15, 0.2) is 24.3 Å². The molecule has 1 aromatic rings. The number of aryl methyl sites for hydroxylation is 1. The van der Waals surface area contributed by atoms with Gasteiger partial charge >= 0.3 is 0 Å². The van der Waals surface area contributed by atoms with Gasteiger partial charge in [0.05, 0.1) is 0 Å². The number of nitrogens with two attached hydrogens (primary N) is 1. The van der Waals surface area contributed by atoms with Gasteiger partial charge in [-0.05, 0) is 18.1 Å². The summed E-state index contributed by atoms with van der Waals surface area (Å²) in [5, 5.41) is 7.31. The number of guanidine groups is 1. The normalized spacial score (nSPS) is 9.69. The van der Waals surface area contributed by atoms with Crippen LogP contribution in [-0.2, 0) is 6.42 Å². The lowest BCUT2D eigenvalue weighted by atomic mass is 10.1. The quantitative estimate of drug-likeness (QED) is 0.532. The zero-order chi connectivity index (χ0) is 9.84. The van der Waals surface area contributed by atoms with Crippen molar-refractivity contribution < 1.29 is 0 Å². The third-order valence-corrected chi connectivity index (χ3v) is 2.10. The molecule has 0 radical (unpaired) electrons. The van der Waals surface area contributed by atoms with Gasteiger partial charge in [0.25, 0.3) is 0 Å². The van der Waals surface area contributed by atoms with Crippen molar-refractivity contribution in [2.75, 3.05) is 11.9 Å². The van der Waals surface area contributed by atoms with Crippen molar-refractivity contribution in [3.63, 3.8) is 0 Å². The first-order valence-corrected chi connectivity index (χ1v) is 4.32. The zero-order valence-electron chi connectivity index (χ0n) is 8.04. The fourth-order valence-corrected chi connectivity index (χ4v) is 1.27. The SMILES string of the molecule is CCc1ccccc1N(C)C(=N)N. The largest absolute Gasteiger partial charge is 0.370 e. The summed E-state index contributed by atoms with van der Waals surface area (Å²) in [5.74, 6) is 0.0703. The molecule has 0 amide bonds. The van der Waals surface area contributed by atoms with E-state index in [0.717, 1.165) is 12.1 Å². The first-order valence-electron chi connectivity index (χ1n) is 4.32. The second-order valence-corrected chi connectivity index (χ2v) is 2.93. The summed E-state index contributed by atoms with van der Waals surface area (Å²) < 4.78 is 0. The van der Waals surface area contributed by atoms with Crippen LogP contribution in [0.5, 0.6) is 0 Å². The molecule has 0 heterocycles. The highest BCUT2D eigenvalue weighted by atomic mass is 15.2. The molecule has 1 aromatic carbocycles. The monoisotopic (exact) mass is 177 g/mol. The van der Waals surface area contributed by atoms with Crippen LogP contribution in [-0.4, -0.2) is 13.0 Å². The molecule has 0 fully saturated rings. The number of rotatable bonds is 2. The van der Waals surface area contributed by atoms with E-state index in [4.69, 9.17) is 11.1 Å². The highest BCUT2D eigenvalue weighted by Gasteiger charge is 2.06. The van der Waals surface area contributed by atoms with Gasteiger partial charge in [0, 0.05) is 12.7 Å². The highest BCUT2D eigenvalue weighted by Crippen LogP contribution is 2.18. The Morgan fingerprint density at radius 2 is 2.08 bits per heavy atom. The van der Waals surface area contributed by atoms with Crippen LogP contribution in [0.3, 0.4) is 0 Å². The number of nitrogens with zero attached hydrogens (tertiary/aromatic N) is 1. The van der Waals surface area contributed by atoms with Gasteiger partial charge in [0.2, 0.25) is 0 Å². The summed E-state index contributed by atoms with van der Waals surface area (Å²) in [6, 6.07) is 7.97. The average molecular weight is 177 g/mol. The molecule has 0 saturated carbocycles. The van der Waals surface area contributed by atoms with E-state index in [1.165, 1.54) is 5.56 Å². The van der Waals surface area contributed by atoms with Crippen molar-refractivity contribution >= 4 is 11.6 Å². The van der Waals surface area contributed by atoms with Crippen molar-refractivity contribution in [1.82, 2.24) is 0 Å². The van der Waals surface area contributed by atoms with E-state index in [1.54, 1.807) is 11.9 Å². The van der Waals surface area contributed by atoms with Gasteiger partial charge in [0.15, 0.2) is 5.96 Å². The minimum Gasteiger partial charge on any atom is -0.370 e. The van der Waals surface area contributed by atoms with Crippen LogP contribution in [0.25, 0.3) is 0 Å². The summed E-state index contributed by atoms with van der Waals surface area (Å²) in [6.07, 6.45) is 0.952. The fourth-order valence-electron chi connectivity index (χ4n) is 1.27. The average Bonchev–Trinajstić information content (AvgIpc) is 2.16. The van der Waals surface area contributed by atoms with Crippen LogP contribution in [0.4, 0.5) is 5.69 Å². The Morgan fingerprint density at radius 1 is 1.46 bits per heavy atom. The Bertz CT molecular complexity index is 307. The first-order chi connectivity index (χ1) is 6.16. The number of anilines is 1. The fraction of sp³-hybridized carbons (Fsp3) is 0.300. The van der Waals surface area contributed by atoms with E-state index < -0.39 is 0 Å². The number of hydrogen-bond acceptors (Lipinski definition) is 1. The number of benzene rings is 1. The van der Waals surface area contributed by atoms with Crippen LogP contribution < -0.4 is 10.6 Å². The van der Waals surface area contributed by atoms with Gasteiger partial charge in [-0.2, -0.15) is 0 Å². The van der Waals surface area contributed by atoms with Crippen LogP contribution in [0, 0.1) is 5.41 Å². The topological polar surface area (TPSA) is 53.1 Å². The lowest BCUT2D eigenvalue weighted by Gasteiger charge is -2.19. The van der Waals surface area contributed by atoms with Crippen molar-refractivity contribution in [3.8, 4) is 0 Å². The maximum atomic E-state index is 7.31. The van der Waals surface area contributed by atoms with Crippen LogP contribution >= 0.6 is 0 Å². The number of nitrogens with one attached hydrogen (secondary N) is 1. The molecule has 1 rings (SSSR count). The van der Waals surface area contributed by atoms with E-state index in [9.17, 15) is 0 Å². The molecular formula is C10H15N3. The molecule has 0 aliphatic heterocycles. The van der Waals surface area contributed by atoms with Gasteiger partial charge in [-0.25, -0.2) is 0 Å². The van der Waals surface area contributed by atoms with Gasteiger partial charge in [0.1, 0.15) is 0 Å². The van der Waals surface area contributed by atoms with Crippen LogP contribution in [0.1, 0.15) is 12.5 Å². The zero-order valence-corrected chi connectivity index (χ0v) is 8.04. The predicted molar refractivity (Wildman–Crippen MR) is 56.1 cm³/mol. The lowest BCUT2D eigenvalue weighted by molar-refractivity contribution is 1.10. The summed E-state index contributed by atoms with van der Waals surface area (Å²) in [5.41, 5.74) is 7.62. The van der Waals surface area contributed by atoms with E-state index in [1.807, 2.05) is 18.2 Å². The van der Waals surface area contributed by atoms with Gasteiger partial charge < -0.3 is 10.6 Å². The molecule has 13 heavy (non-hydrogen) atoms. The first kappa shape index (κ1) is 9.58. The summed E-state index contributed by atoms with van der Waals surface area (Å²) in [6.45, 7) is 2.09. The minimum atomic E-state index is 0.0703. The Kier molecular flexibility index (Phi) is 2.90. The highest BCUT2D eigenvalue weighted by molar-refractivity contribution is 5.92. The van der Waals surface area contributed by atoms with E-state index in [-0.39, 0.29) is 5.96 Å². The van der Waals surface area contributed by atoms with Crippen molar-refractivity contribution in [3.05, 3.63) is 29.8 Å². The molecule has 3 nitrogen and oxygen atoms in total. The summed E-state index contributed by atoms with van der Waals surface area (Å²) in [7, 11) is 1.80. The molecule has 0 unspecified atom stereocenters. The second kappa shape index (κ2) is 3.94. The molecule has 0 atom stereocenters. The van der Waals surface area contributed by atoms with Crippen molar-refractivity contribution in [2.45, 2.75) is 13.3 Å². The van der Waals surface area contributed by atoms with E-state index in [2.05, 4.69) is 13.0 Å². The van der Waals surface area contributed by atoms with Crippen LogP contribution in [0.2, 0.25) is 0 Å². The molecule has 0 aliphatic rings. The molecule has 0 bridgehead atoms. The minimum absolute atomic E-state index is 0.0703. The molecule has 0 aromatic heterocycles. The summed E-state index contributed by atoms with van der Waals surface area (Å²) in [4.78, 5) is 1.68. The smallest absolute Gasteiger partial charge is 0.192 e. The van der Waals surface area contributed by atoms with E-state index in [0.29, 0.717) is 0 Å². The van der Waals surface area contributed by atoms with E-state index >= 15 is 0 Å². The van der Waals surface area contributed by atoms with Gasteiger partial charge in [-0.1, -0.05) is 25.1 Å². The van der Waals surface area contributed by atoms with Gasteiger partial charge in [-0.15, -0.1) is 0 Å². The number of para-hydroxylation sites is 1. The third kappa shape index (κ3) is 1.99. The summed E-state index contributed by atoms with van der Waals surface area (Å²) >= 11 is 0. The molecule has 3 heteroatoms. The standard InChI is InChI=1S/C10H15N3/c1-3-8-6-4-5-7-9(8)13(2)10(11)12/h4-7H,3H2,1-2H3,(H3,11,12). The molecular weight excluding hydrogens is 162 g/mol. The van der Waals surface area contributed by atoms with Crippen molar-refractivity contribution in [2.24, 2.45) is 5.73 Å². The van der Waals surface area contributed by atoms with Crippen molar-refractivity contribution in [1.29, 1.82) is 5.41 Å². The second-order valence-electron chi connectivity index (χ2n) is 2.93.